The first-order chi connectivity index (χ1) is 11.7. The molecule has 0 bridgehead atoms. The van der Waals surface area contributed by atoms with Crippen molar-refractivity contribution in [2.24, 2.45) is 0 Å². The van der Waals surface area contributed by atoms with Crippen LogP contribution in [-0.2, 0) is 10.0 Å². The molecular formula is C18H23NO5S. The zero-order valence-corrected chi connectivity index (χ0v) is 16.1. The monoisotopic (exact) mass is 365 g/mol. The topological polar surface area (TPSA) is 73.9 Å². The van der Waals surface area contributed by atoms with E-state index in [9.17, 15) is 8.42 Å². The Bertz CT molecular complexity index is 869. The van der Waals surface area contributed by atoms with E-state index in [2.05, 4.69) is 4.72 Å². The summed E-state index contributed by atoms with van der Waals surface area (Å²) in [6.07, 6.45) is 0. The maximum Gasteiger partial charge on any atom is 0.262 e. The molecule has 136 valence electrons. The summed E-state index contributed by atoms with van der Waals surface area (Å²) in [5.74, 6) is 1.66. The fourth-order valence-corrected chi connectivity index (χ4v) is 4.29. The van der Waals surface area contributed by atoms with E-state index >= 15 is 0 Å². The van der Waals surface area contributed by atoms with E-state index in [0.717, 1.165) is 5.56 Å². The molecule has 0 amide bonds. The number of hydrogen-bond donors (Lipinski definition) is 1. The summed E-state index contributed by atoms with van der Waals surface area (Å²) in [6, 6.07) is 6.59. The van der Waals surface area contributed by atoms with Crippen LogP contribution in [0, 0.1) is 20.8 Å². The first-order valence-electron chi connectivity index (χ1n) is 7.64. The molecule has 25 heavy (non-hydrogen) atoms. The highest BCUT2D eigenvalue weighted by atomic mass is 32.2. The molecule has 0 aliphatic carbocycles. The molecule has 0 unspecified atom stereocenters. The van der Waals surface area contributed by atoms with Crippen LogP contribution < -0.4 is 18.9 Å². The molecule has 0 heterocycles. The SMILES string of the molecule is COc1cc(NS(=O)(=O)c2c(C)cc(OC)c(C)c2C)cc(OC)c1. The van der Waals surface area contributed by atoms with Crippen molar-refractivity contribution in [3.63, 3.8) is 0 Å². The van der Waals surface area contributed by atoms with Crippen LogP contribution in [0.5, 0.6) is 17.2 Å². The molecule has 0 aliphatic rings. The van der Waals surface area contributed by atoms with E-state index in [-0.39, 0.29) is 4.90 Å². The number of sulfonamides is 1. The van der Waals surface area contributed by atoms with Gasteiger partial charge >= 0.3 is 0 Å². The van der Waals surface area contributed by atoms with Crippen LogP contribution in [-0.4, -0.2) is 29.7 Å². The fourth-order valence-electron chi connectivity index (χ4n) is 2.72. The Morgan fingerprint density at radius 1 is 0.800 bits per heavy atom. The summed E-state index contributed by atoms with van der Waals surface area (Å²) >= 11 is 0. The minimum Gasteiger partial charge on any atom is -0.497 e. The van der Waals surface area contributed by atoms with Crippen LogP contribution >= 0.6 is 0 Å². The van der Waals surface area contributed by atoms with Gasteiger partial charge in [0.15, 0.2) is 0 Å². The minimum absolute atomic E-state index is 0.243. The Balaban J connectivity index is 2.52. The summed E-state index contributed by atoms with van der Waals surface area (Å²) in [5.41, 5.74) is 2.42. The number of ether oxygens (including phenoxy) is 3. The van der Waals surface area contributed by atoms with Gasteiger partial charge in [-0.3, -0.25) is 4.72 Å². The molecule has 0 saturated carbocycles. The third kappa shape index (κ3) is 3.82. The Kier molecular flexibility index (Phi) is 5.47. The number of rotatable bonds is 6. The van der Waals surface area contributed by atoms with Gasteiger partial charge in [-0.1, -0.05) is 0 Å². The highest BCUT2D eigenvalue weighted by Crippen LogP contribution is 2.33. The van der Waals surface area contributed by atoms with Crippen LogP contribution in [0.15, 0.2) is 29.2 Å². The van der Waals surface area contributed by atoms with Crippen molar-refractivity contribution in [2.45, 2.75) is 25.7 Å². The minimum atomic E-state index is -3.79. The van der Waals surface area contributed by atoms with Gasteiger partial charge in [0.05, 0.1) is 31.9 Å². The summed E-state index contributed by atoms with van der Waals surface area (Å²) in [4.78, 5) is 0.243. The van der Waals surface area contributed by atoms with Crippen molar-refractivity contribution < 1.29 is 22.6 Å². The van der Waals surface area contributed by atoms with Crippen LogP contribution in [0.2, 0.25) is 0 Å². The Hall–Kier alpha value is -2.41. The fraction of sp³-hybridized carbons (Fsp3) is 0.333. The third-order valence-corrected chi connectivity index (χ3v) is 5.74. The summed E-state index contributed by atoms with van der Waals surface area (Å²) in [5, 5.41) is 0. The van der Waals surface area contributed by atoms with E-state index in [1.165, 1.54) is 14.2 Å². The van der Waals surface area contributed by atoms with Crippen LogP contribution in [0.25, 0.3) is 0 Å². The molecule has 0 spiro atoms. The normalized spacial score (nSPS) is 11.1. The smallest absolute Gasteiger partial charge is 0.262 e. The molecule has 2 rings (SSSR count). The van der Waals surface area contributed by atoms with Gasteiger partial charge in [0, 0.05) is 18.2 Å². The van der Waals surface area contributed by atoms with Crippen molar-refractivity contribution in [3.8, 4) is 17.2 Å². The molecule has 2 aromatic rings. The van der Waals surface area contributed by atoms with E-state index in [1.807, 2.05) is 6.92 Å². The molecule has 0 radical (unpaired) electrons. The van der Waals surface area contributed by atoms with Crippen molar-refractivity contribution in [1.82, 2.24) is 0 Å². The predicted octanol–water partition coefficient (Wildman–Crippen LogP) is 3.44. The Labute approximate surface area is 148 Å². The average Bonchev–Trinajstić information content (AvgIpc) is 2.56. The number of hydrogen-bond acceptors (Lipinski definition) is 5. The van der Waals surface area contributed by atoms with Gasteiger partial charge in [0.2, 0.25) is 0 Å². The van der Waals surface area contributed by atoms with Gasteiger partial charge in [0.25, 0.3) is 10.0 Å². The van der Waals surface area contributed by atoms with E-state index in [0.29, 0.717) is 34.1 Å². The van der Waals surface area contributed by atoms with Gasteiger partial charge in [-0.2, -0.15) is 0 Å². The highest BCUT2D eigenvalue weighted by molar-refractivity contribution is 7.92. The van der Waals surface area contributed by atoms with Gasteiger partial charge in [-0.15, -0.1) is 0 Å². The van der Waals surface area contributed by atoms with Gasteiger partial charge < -0.3 is 14.2 Å². The largest absolute Gasteiger partial charge is 0.497 e. The van der Waals surface area contributed by atoms with Crippen LogP contribution in [0.1, 0.15) is 16.7 Å². The molecule has 0 aliphatic heterocycles. The first kappa shape index (κ1) is 18.9. The van der Waals surface area contributed by atoms with Crippen molar-refractivity contribution in [3.05, 3.63) is 41.0 Å². The molecule has 0 atom stereocenters. The van der Waals surface area contributed by atoms with Crippen molar-refractivity contribution in [2.75, 3.05) is 26.1 Å². The summed E-state index contributed by atoms with van der Waals surface area (Å²) < 4.78 is 44.2. The van der Waals surface area contributed by atoms with Gasteiger partial charge in [-0.25, -0.2) is 8.42 Å². The van der Waals surface area contributed by atoms with E-state index in [1.54, 1.807) is 45.2 Å². The van der Waals surface area contributed by atoms with Crippen LogP contribution in [0.4, 0.5) is 5.69 Å². The van der Waals surface area contributed by atoms with Crippen molar-refractivity contribution >= 4 is 15.7 Å². The number of nitrogens with one attached hydrogen (secondary N) is 1. The lowest BCUT2D eigenvalue weighted by molar-refractivity contribution is 0.395. The first-order valence-corrected chi connectivity index (χ1v) is 9.12. The molecular weight excluding hydrogens is 342 g/mol. The highest BCUT2D eigenvalue weighted by Gasteiger charge is 2.23. The predicted molar refractivity (Wildman–Crippen MR) is 97.6 cm³/mol. The quantitative estimate of drug-likeness (QED) is 0.849. The van der Waals surface area contributed by atoms with E-state index < -0.39 is 10.0 Å². The van der Waals surface area contributed by atoms with Crippen molar-refractivity contribution in [1.29, 1.82) is 0 Å². The molecule has 0 aromatic heterocycles. The van der Waals surface area contributed by atoms with E-state index in [4.69, 9.17) is 14.2 Å². The maximum atomic E-state index is 13.0. The zero-order chi connectivity index (χ0) is 18.8. The third-order valence-electron chi connectivity index (χ3n) is 4.07. The lowest BCUT2D eigenvalue weighted by Crippen LogP contribution is -2.16. The average molecular weight is 365 g/mol. The number of aryl methyl sites for hydroxylation is 1. The maximum absolute atomic E-state index is 13.0. The lowest BCUT2D eigenvalue weighted by Gasteiger charge is -2.17. The molecule has 7 heteroatoms. The second kappa shape index (κ2) is 7.23. The number of benzene rings is 2. The van der Waals surface area contributed by atoms with Gasteiger partial charge in [0.1, 0.15) is 17.2 Å². The Morgan fingerprint density at radius 3 is 1.84 bits per heavy atom. The Morgan fingerprint density at radius 2 is 1.36 bits per heavy atom. The standard InChI is InChI=1S/C18H23NO5S/c1-11-7-17(24-6)12(2)13(3)18(11)25(20,21)19-14-8-15(22-4)10-16(9-14)23-5/h7-10,19H,1-6H3. The molecule has 0 fully saturated rings. The molecule has 0 saturated heterocycles. The second-order valence-electron chi connectivity index (χ2n) is 5.68. The summed E-state index contributed by atoms with van der Waals surface area (Å²) in [7, 11) is 0.793. The van der Waals surface area contributed by atoms with Crippen LogP contribution in [0.3, 0.4) is 0 Å². The number of anilines is 1. The molecule has 1 N–H and O–H groups in total. The lowest BCUT2D eigenvalue weighted by atomic mass is 10.1. The van der Waals surface area contributed by atoms with Gasteiger partial charge in [-0.05, 0) is 43.5 Å². The second-order valence-corrected chi connectivity index (χ2v) is 7.30. The molecule has 2 aromatic carbocycles. The molecule has 6 nitrogen and oxygen atoms in total. The zero-order valence-electron chi connectivity index (χ0n) is 15.3. The summed E-state index contributed by atoms with van der Waals surface area (Å²) in [6.45, 7) is 5.35. The number of methoxy groups -OCH3 is 3.